The number of hydrogen-bond acceptors (Lipinski definition) is 5. The lowest BCUT2D eigenvalue weighted by molar-refractivity contribution is -0.116. The smallest absolute Gasteiger partial charge is 0.259 e. The highest BCUT2D eigenvalue weighted by molar-refractivity contribution is 5.91. The number of nitrogens with zero attached hydrogens (tertiary/aromatic N) is 3. The van der Waals surface area contributed by atoms with E-state index >= 15 is 0 Å². The summed E-state index contributed by atoms with van der Waals surface area (Å²) in [5.41, 5.74) is 3.05. The molecular formula is C18H18N4O3. The standard InChI is InChI=1S/C18H18N4O3/c1-11-4-5-12(2)15(8-11)20-16(23)10-22-9-14(6-7-17(22)24)18-19-13(3)21-25-18/h4-9H,10H2,1-3H3,(H,20,23). The lowest BCUT2D eigenvalue weighted by atomic mass is 10.1. The van der Waals surface area contributed by atoms with Crippen LogP contribution in [0.5, 0.6) is 0 Å². The Kier molecular flexibility index (Phi) is 4.47. The second-order valence-electron chi connectivity index (χ2n) is 5.90. The summed E-state index contributed by atoms with van der Waals surface area (Å²) < 4.78 is 6.41. The molecule has 3 rings (SSSR count). The van der Waals surface area contributed by atoms with Gasteiger partial charge in [0.2, 0.25) is 5.91 Å². The average molecular weight is 338 g/mol. The minimum atomic E-state index is -0.283. The van der Waals surface area contributed by atoms with Gasteiger partial charge in [-0.25, -0.2) is 0 Å². The van der Waals surface area contributed by atoms with Crippen LogP contribution < -0.4 is 10.9 Å². The third kappa shape index (κ3) is 3.82. The second kappa shape index (κ2) is 6.72. The highest BCUT2D eigenvalue weighted by Crippen LogP contribution is 2.17. The topological polar surface area (TPSA) is 90.0 Å². The molecule has 128 valence electrons. The van der Waals surface area contributed by atoms with Crippen LogP contribution in [-0.2, 0) is 11.3 Å². The van der Waals surface area contributed by atoms with E-state index in [1.54, 1.807) is 13.0 Å². The lowest BCUT2D eigenvalue weighted by Gasteiger charge is -2.11. The fourth-order valence-electron chi connectivity index (χ4n) is 2.41. The van der Waals surface area contributed by atoms with Gasteiger partial charge in [-0.3, -0.25) is 9.59 Å². The first kappa shape index (κ1) is 16.6. The van der Waals surface area contributed by atoms with Crippen LogP contribution in [0.2, 0.25) is 0 Å². The highest BCUT2D eigenvalue weighted by Gasteiger charge is 2.11. The van der Waals surface area contributed by atoms with Gasteiger partial charge < -0.3 is 14.4 Å². The fraction of sp³-hybridized carbons (Fsp3) is 0.222. The van der Waals surface area contributed by atoms with E-state index in [0.29, 0.717) is 17.3 Å². The van der Waals surface area contributed by atoms with Crippen LogP contribution in [0.15, 0.2) is 45.8 Å². The van der Waals surface area contributed by atoms with Crippen molar-refractivity contribution in [1.82, 2.24) is 14.7 Å². The number of anilines is 1. The van der Waals surface area contributed by atoms with E-state index in [9.17, 15) is 9.59 Å². The van der Waals surface area contributed by atoms with Gasteiger partial charge in [0.25, 0.3) is 11.4 Å². The predicted octanol–water partition coefficient (Wildman–Crippen LogP) is 2.46. The van der Waals surface area contributed by atoms with Crippen LogP contribution in [0.3, 0.4) is 0 Å². The minimum Gasteiger partial charge on any atom is -0.334 e. The molecule has 0 aliphatic heterocycles. The fourth-order valence-corrected chi connectivity index (χ4v) is 2.41. The molecule has 1 N–H and O–H groups in total. The quantitative estimate of drug-likeness (QED) is 0.789. The molecule has 0 aliphatic rings. The van der Waals surface area contributed by atoms with Crippen LogP contribution in [-0.4, -0.2) is 20.6 Å². The van der Waals surface area contributed by atoms with Crippen LogP contribution in [0, 0.1) is 20.8 Å². The molecule has 2 aromatic heterocycles. The molecule has 2 heterocycles. The molecular weight excluding hydrogens is 320 g/mol. The average Bonchev–Trinajstić information content (AvgIpc) is 2.99. The molecule has 1 aromatic carbocycles. The molecule has 0 spiro atoms. The summed E-state index contributed by atoms with van der Waals surface area (Å²) in [6.07, 6.45) is 1.54. The summed E-state index contributed by atoms with van der Waals surface area (Å²) in [5.74, 6) is 0.524. The van der Waals surface area contributed by atoms with E-state index in [0.717, 1.165) is 16.8 Å². The van der Waals surface area contributed by atoms with Crippen molar-refractivity contribution in [2.45, 2.75) is 27.3 Å². The molecule has 0 radical (unpaired) electrons. The summed E-state index contributed by atoms with van der Waals surface area (Å²) in [6, 6.07) is 8.78. The molecule has 3 aromatic rings. The molecule has 1 amide bonds. The van der Waals surface area contributed by atoms with E-state index in [2.05, 4.69) is 15.5 Å². The Labute approximate surface area is 144 Å². The van der Waals surface area contributed by atoms with Crippen LogP contribution in [0.25, 0.3) is 11.5 Å². The molecule has 25 heavy (non-hydrogen) atoms. The lowest BCUT2D eigenvalue weighted by Crippen LogP contribution is -2.27. The van der Waals surface area contributed by atoms with Crippen LogP contribution >= 0.6 is 0 Å². The van der Waals surface area contributed by atoms with Gasteiger partial charge in [-0.15, -0.1) is 0 Å². The second-order valence-corrected chi connectivity index (χ2v) is 5.90. The number of pyridine rings is 1. The molecule has 0 atom stereocenters. The van der Waals surface area contributed by atoms with E-state index in [4.69, 9.17) is 4.52 Å². The Morgan fingerprint density at radius 3 is 2.72 bits per heavy atom. The third-order valence-corrected chi connectivity index (χ3v) is 3.74. The Bertz CT molecular complexity index is 988. The Balaban J connectivity index is 1.81. The first-order valence-corrected chi connectivity index (χ1v) is 7.80. The first-order valence-electron chi connectivity index (χ1n) is 7.80. The number of amides is 1. The SMILES string of the molecule is Cc1ccc(C)c(NC(=O)Cn2cc(-c3nc(C)no3)ccc2=O)c1. The van der Waals surface area contributed by atoms with Crippen molar-refractivity contribution in [2.24, 2.45) is 0 Å². The largest absolute Gasteiger partial charge is 0.334 e. The maximum Gasteiger partial charge on any atom is 0.259 e. The van der Waals surface area contributed by atoms with Crippen molar-refractivity contribution in [3.05, 3.63) is 63.8 Å². The van der Waals surface area contributed by atoms with Crippen molar-refractivity contribution >= 4 is 11.6 Å². The summed E-state index contributed by atoms with van der Waals surface area (Å²) >= 11 is 0. The van der Waals surface area contributed by atoms with Gasteiger partial charge in [-0.2, -0.15) is 4.98 Å². The number of benzene rings is 1. The zero-order chi connectivity index (χ0) is 18.0. The number of rotatable bonds is 4. The van der Waals surface area contributed by atoms with E-state index in [1.807, 2.05) is 32.0 Å². The summed E-state index contributed by atoms with van der Waals surface area (Å²) in [6.45, 7) is 5.48. The number of carbonyl (C=O) groups is 1. The van der Waals surface area contributed by atoms with Gasteiger partial charge in [-0.05, 0) is 44.0 Å². The number of hydrogen-bond donors (Lipinski definition) is 1. The molecule has 0 unspecified atom stereocenters. The van der Waals surface area contributed by atoms with Gasteiger partial charge in [0.15, 0.2) is 5.82 Å². The summed E-state index contributed by atoms with van der Waals surface area (Å²) in [4.78, 5) is 28.5. The van der Waals surface area contributed by atoms with Gasteiger partial charge in [0, 0.05) is 18.0 Å². The molecule has 0 bridgehead atoms. The number of nitrogens with one attached hydrogen (secondary N) is 1. The maximum atomic E-state index is 12.3. The molecule has 7 nitrogen and oxygen atoms in total. The Morgan fingerprint density at radius 1 is 1.20 bits per heavy atom. The van der Waals surface area contributed by atoms with Crippen LogP contribution in [0.1, 0.15) is 17.0 Å². The Morgan fingerprint density at radius 2 is 2.00 bits per heavy atom. The van der Waals surface area contributed by atoms with Crippen molar-refractivity contribution < 1.29 is 9.32 Å². The minimum absolute atomic E-state index is 0.104. The Hall–Kier alpha value is -3.22. The van der Waals surface area contributed by atoms with E-state index in [-0.39, 0.29) is 18.0 Å². The van der Waals surface area contributed by atoms with Crippen molar-refractivity contribution in [3.63, 3.8) is 0 Å². The summed E-state index contributed by atoms with van der Waals surface area (Å²) in [7, 11) is 0. The van der Waals surface area contributed by atoms with Gasteiger partial charge in [0.1, 0.15) is 6.54 Å². The van der Waals surface area contributed by atoms with E-state index < -0.39 is 0 Å². The molecule has 0 fully saturated rings. The number of carbonyl (C=O) groups excluding carboxylic acids is 1. The van der Waals surface area contributed by atoms with Crippen molar-refractivity contribution in [1.29, 1.82) is 0 Å². The maximum absolute atomic E-state index is 12.3. The molecule has 0 saturated heterocycles. The molecule has 0 aliphatic carbocycles. The van der Waals surface area contributed by atoms with E-state index in [1.165, 1.54) is 16.8 Å². The van der Waals surface area contributed by atoms with Gasteiger partial charge in [-0.1, -0.05) is 17.3 Å². The zero-order valence-electron chi connectivity index (χ0n) is 14.2. The van der Waals surface area contributed by atoms with Gasteiger partial charge in [0.05, 0.1) is 5.56 Å². The molecule has 0 saturated carbocycles. The number of aromatic nitrogens is 3. The van der Waals surface area contributed by atoms with Crippen molar-refractivity contribution in [2.75, 3.05) is 5.32 Å². The highest BCUT2D eigenvalue weighted by atomic mass is 16.5. The predicted molar refractivity (Wildman–Crippen MR) is 93.3 cm³/mol. The van der Waals surface area contributed by atoms with Gasteiger partial charge >= 0.3 is 0 Å². The van der Waals surface area contributed by atoms with Crippen molar-refractivity contribution in [3.8, 4) is 11.5 Å². The zero-order valence-corrected chi connectivity index (χ0v) is 14.2. The first-order chi connectivity index (χ1) is 11.9. The number of aryl methyl sites for hydroxylation is 3. The van der Waals surface area contributed by atoms with Crippen LogP contribution in [0.4, 0.5) is 5.69 Å². The third-order valence-electron chi connectivity index (χ3n) is 3.74. The normalized spacial score (nSPS) is 10.7. The molecule has 7 heteroatoms. The summed E-state index contributed by atoms with van der Waals surface area (Å²) in [5, 5.41) is 6.57. The monoisotopic (exact) mass is 338 g/mol.